The Kier molecular flexibility index (Phi) is 7.54. The Morgan fingerprint density at radius 1 is 0.971 bits per heavy atom. The number of phenolic OH excluding ortho intramolecular Hbond substituents is 1. The molecule has 0 saturated heterocycles. The van der Waals surface area contributed by atoms with Crippen LogP contribution in [-0.2, 0) is 14.9 Å². The Bertz CT molecular complexity index is 1430. The molecule has 0 radical (unpaired) electrons. The van der Waals surface area contributed by atoms with Gasteiger partial charge in [0.15, 0.2) is 11.9 Å². The number of amides is 1. The minimum absolute atomic E-state index is 0. The molecule has 0 aliphatic rings. The fraction of sp³-hybridized carbons (Fsp3) is 0.0435. The van der Waals surface area contributed by atoms with Crippen LogP contribution in [0.2, 0.25) is 0 Å². The minimum Gasteiger partial charge on any atom is -0.504 e. The molecule has 1 unspecified atom stereocenters. The van der Waals surface area contributed by atoms with Crippen LogP contribution in [0, 0.1) is 0 Å². The summed E-state index contributed by atoms with van der Waals surface area (Å²) in [5, 5.41) is 23.3. The van der Waals surface area contributed by atoms with Crippen molar-refractivity contribution in [3.05, 3.63) is 84.6 Å². The van der Waals surface area contributed by atoms with Crippen molar-refractivity contribution in [3.8, 4) is 5.75 Å². The molecule has 1 amide bonds. The molecule has 1 aromatic heterocycles. The number of rotatable bonds is 6. The molecular weight excluding hydrogens is 480 g/mol. The van der Waals surface area contributed by atoms with Crippen LogP contribution in [0.5, 0.6) is 5.75 Å². The summed E-state index contributed by atoms with van der Waals surface area (Å²) in [5.74, 6) is -1.39. The first-order chi connectivity index (χ1) is 15.7. The van der Waals surface area contributed by atoms with Gasteiger partial charge in [0.25, 0.3) is 16.0 Å². The average molecular weight is 501 g/mol. The quantitative estimate of drug-likeness (QED) is 0.231. The molecule has 176 valence electrons. The van der Waals surface area contributed by atoms with Crippen molar-refractivity contribution in [2.24, 2.45) is 0 Å². The van der Waals surface area contributed by atoms with Crippen molar-refractivity contribution in [2.75, 3.05) is 5.32 Å². The molecule has 9 nitrogen and oxygen atoms in total. The van der Waals surface area contributed by atoms with Gasteiger partial charge >= 0.3 is 0 Å². The van der Waals surface area contributed by atoms with Gasteiger partial charge in [-0.1, -0.05) is 42.1 Å². The summed E-state index contributed by atoms with van der Waals surface area (Å²) in [7, 11) is -4.67. The van der Waals surface area contributed by atoms with E-state index in [1.165, 1.54) is 30.1 Å². The number of phenols is 1. The molecule has 4 rings (SSSR count). The van der Waals surface area contributed by atoms with E-state index in [1.54, 1.807) is 24.3 Å². The summed E-state index contributed by atoms with van der Waals surface area (Å²) in [6.45, 7) is 0. The van der Waals surface area contributed by atoms with Gasteiger partial charge in [-0.25, -0.2) is 0 Å². The number of pyridine rings is 1. The van der Waals surface area contributed by atoms with Crippen LogP contribution >= 0.6 is 11.8 Å². The fourth-order valence-electron chi connectivity index (χ4n) is 3.20. The Balaban J connectivity index is 0.00000324. The van der Waals surface area contributed by atoms with Gasteiger partial charge in [0.2, 0.25) is 0 Å². The van der Waals surface area contributed by atoms with Crippen molar-refractivity contribution >= 4 is 44.4 Å². The van der Waals surface area contributed by atoms with Crippen LogP contribution in [0.3, 0.4) is 0 Å². The number of carbonyl (C=O) groups is 1. The topological polar surface area (TPSA) is 168 Å². The van der Waals surface area contributed by atoms with Gasteiger partial charge in [-0.3, -0.25) is 14.3 Å². The van der Waals surface area contributed by atoms with Gasteiger partial charge in [0.05, 0.1) is 5.69 Å². The molecule has 3 aromatic carbocycles. The summed E-state index contributed by atoms with van der Waals surface area (Å²) in [5.41, 5.74) is -0.132. The number of benzene rings is 3. The summed E-state index contributed by atoms with van der Waals surface area (Å²) in [6, 6.07) is 20.1. The molecule has 4 aromatic rings. The second-order valence-corrected chi connectivity index (χ2v) is 9.56. The second kappa shape index (κ2) is 10.2. The minimum atomic E-state index is -4.67. The van der Waals surface area contributed by atoms with Crippen molar-refractivity contribution in [2.45, 2.75) is 20.8 Å². The highest BCUT2D eigenvalue weighted by atomic mass is 32.2. The van der Waals surface area contributed by atoms with Gasteiger partial charge in [-0.2, -0.15) is 8.42 Å². The highest BCUT2D eigenvalue weighted by molar-refractivity contribution is 7.99. The summed E-state index contributed by atoms with van der Waals surface area (Å²) >= 11 is 1.52. The molecule has 1 heterocycles. The third-order valence-electron chi connectivity index (χ3n) is 4.79. The summed E-state index contributed by atoms with van der Waals surface area (Å²) < 4.78 is 33.1. The molecular formula is C23H20N2O7S2. The van der Waals surface area contributed by atoms with E-state index in [0.29, 0.717) is 5.56 Å². The molecule has 0 fully saturated rings. The highest BCUT2D eigenvalue weighted by Crippen LogP contribution is 2.36. The van der Waals surface area contributed by atoms with Gasteiger partial charge in [-0.05, 0) is 48.0 Å². The van der Waals surface area contributed by atoms with Crippen molar-refractivity contribution in [1.82, 2.24) is 4.98 Å². The number of anilines is 1. The number of nitrogens with zero attached hydrogens (tertiary/aromatic N) is 1. The lowest BCUT2D eigenvalue weighted by atomic mass is 10.1. The predicted octanol–water partition coefficient (Wildman–Crippen LogP) is 3.19. The number of aliphatic hydroxyl groups excluding tert-OH is 1. The lowest BCUT2D eigenvalue weighted by molar-refractivity contribution is -0.124. The van der Waals surface area contributed by atoms with Crippen molar-refractivity contribution < 1.29 is 33.5 Å². The Labute approximate surface area is 199 Å². The number of hydrogen-bond donors (Lipinski definition) is 4. The van der Waals surface area contributed by atoms with E-state index in [4.69, 9.17) is 0 Å². The van der Waals surface area contributed by atoms with Crippen LogP contribution < -0.4 is 5.32 Å². The maximum absolute atomic E-state index is 12.6. The molecule has 34 heavy (non-hydrogen) atoms. The molecule has 11 heteroatoms. The molecule has 6 N–H and O–H groups in total. The Hall–Kier alpha value is -3.48. The second-order valence-electron chi connectivity index (χ2n) is 7.02. The van der Waals surface area contributed by atoms with E-state index >= 15 is 0 Å². The van der Waals surface area contributed by atoms with E-state index in [0.717, 1.165) is 15.9 Å². The first-order valence-corrected chi connectivity index (χ1v) is 11.9. The number of nitrogens with one attached hydrogen (secondary N) is 1. The predicted molar refractivity (Wildman–Crippen MR) is 127 cm³/mol. The van der Waals surface area contributed by atoms with E-state index < -0.39 is 32.8 Å². The number of fused-ring (bicyclic) bond motifs is 1. The van der Waals surface area contributed by atoms with E-state index in [1.807, 2.05) is 30.3 Å². The average Bonchev–Trinajstić information content (AvgIpc) is 2.81. The SMILES string of the molecule is O.O=C(Nc1cc(S(=O)(=O)O)c2cccnc2c1O)C(O)c1ccc(Sc2ccccc2)cc1. The van der Waals surface area contributed by atoms with Gasteiger partial charge < -0.3 is 21.0 Å². The number of hydrogen-bond acceptors (Lipinski definition) is 7. The first-order valence-electron chi connectivity index (χ1n) is 9.64. The standard InChI is InChI=1S/C23H18N2O6S2.H2O/c26-21(14-8-10-16(11-9-14)32-15-5-2-1-3-6-15)23(28)25-18-13-19(33(29,30)31)17-7-4-12-24-20(17)22(18)27;/h1-13,21,26-27H,(H,25,28)(H,29,30,31);1H2. The Morgan fingerprint density at radius 2 is 1.62 bits per heavy atom. The van der Waals surface area contributed by atoms with Gasteiger partial charge in [-0.15, -0.1) is 0 Å². The van der Waals surface area contributed by atoms with Crippen LogP contribution in [-0.4, -0.2) is 39.6 Å². The van der Waals surface area contributed by atoms with Crippen molar-refractivity contribution in [1.29, 1.82) is 0 Å². The van der Waals surface area contributed by atoms with Crippen LogP contribution in [0.15, 0.2) is 93.7 Å². The molecule has 1 atom stereocenters. The largest absolute Gasteiger partial charge is 0.504 e. The molecule has 0 bridgehead atoms. The first kappa shape index (κ1) is 25.1. The molecule has 0 spiro atoms. The lowest BCUT2D eigenvalue weighted by Crippen LogP contribution is -2.21. The number of aliphatic hydroxyl groups is 1. The fourth-order valence-corrected chi connectivity index (χ4v) is 4.75. The number of aromatic nitrogens is 1. The maximum atomic E-state index is 12.6. The van der Waals surface area contributed by atoms with E-state index in [9.17, 15) is 28.0 Å². The molecule has 0 aliphatic heterocycles. The number of carbonyl (C=O) groups excluding carboxylic acids is 1. The van der Waals surface area contributed by atoms with Crippen LogP contribution in [0.25, 0.3) is 10.9 Å². The third-order valence-corrected chi connectivity index (χ3v) is 6.70. The zero-order valence-electron chi connectivity index (χ0n) is 17.4. The number of aromatic hydroxyl groups is 1. The van der Waals surface area contributed by atoms with Crippen molar-refractivity contribution in [3.63, 3.8) is 0 Å². The van der Waals surface area contributed by atoms with Gasteiger partial charge in [0, 0.05) is 21.4 Å². The lowest BCUT2D eigenvalue weighted by Gasteiger charge is -2.15. The van der Waals surface area contributed by atoms with Crippen LogP contribution in [0.1, 0.15) is 11.7 Å². The summed E-state index contributed by atoms with van der Waals surface area (Å²) in [6.07, 6.45) is -0.264. The van der Waals surface area contributed by atoms with Crippen LogP contribution in [0.4, 0.5) is 5.69 Å². The summed E-state index contributed by atoms with van der Waals surface area (Å²) in [4.78, 5) is 18.0. The molecule has 0 saturated carbocycles. The zero-order chi connectivity index (χ0) is 23.6. The highest BCUT2D eigenvalue weighted by Gasteiger charge is 2.24. The Morgan fingerprint density at radius 3 is 2.26 bits per heavy atom. The monoisotopic (exact) mass is 500 g/mol. The van der Waals surface area contributed by atoms with E-state index in [2.05, 4.69) is 10.3 Å². The smallest absolute Gasteiger partial charge is 0.295 e. The third kappa shape index (κ3) is 5.35. The maximum Gasteiger partial charge on any atom is 0.295 e. The zero-order valence-corrected chi connectivity index (χ0v) is 19.0. The normalized spacial score (nSPS) is 12.1. The molecule has 0 aliphatic carbocycles. The van der Waals surface area contributed by atoms with Gasteiger partial charge in [0.1, 0.15) is 10.4 Å². The van der Waals surface area contributed by atoms with E-state index in [-0.39, 0.29) is 22.1 Å².